The summed E-state index contributed by atoms with van der Waals surface area (Å²) in [7, 11) is 1.67. The zero-order chi connectivity index (χ0) is 10.4. The molecule has 0 radical (unpaired) electrons. The van der Waals surface area contributed by atoms with Crippen LogP contribution in [0, 0.1) is 0 Å². The quantitative estimate of drug-likeness (QED) is 0.267. The largest absolute Gasteiger partial charge is 0.409 e. The Balaban J connectivity index is 2.35. The fraction of sp³-hybridized carbons (Fsp3) is 0.875. The van der Waals surface area contributed by atoms with E-state index in [4.69, 9.17) is 20.4 Å². The molecule has 0 aliphatic carbocycles. The number of amidine groups is 1. The monoisotopic (exact) mass is 203 g/mol. The zero-order valence-electron chi connectivity index (χ0n) is 8.35. The van der Waals surface area contributed by atoms with Gasteiger partial charge in [-0.2, -0.15) is 0 Å². The molecule has 1 rings (SSSR count). The van der Waals surface area contributed by atoms with Crippen molar-refractivity contribution < 1.29 is 14.7 Å². The summed E-state index contributed by atoms with van der Waals surface area (Å²) in [4.78, 5) is 2.16. The van der Waals surface area contributed by atoms with Crippen LogP contribution in [0.2, 0.25) is 0 Å². The minimum Gasteiger partial charge on any atom is -0.409 e. The van der Waals surface area contributed by atoms with Crippen LogP contribution in [0.4, 0.5) is 0 Å². The maximum Gasteiger partial charge on any atom is 0.169 e. The molecule has 3 N–H and O–H groups in total. The fourth-order valence-corrected chi connectivity index (χ4v) is 1.37. The summed E-state index contributed by atoms with van der Waals surface area (Å²) in [5, 5.41) is 11.4. The first-order valence-electron chi connectivity index (χ1n) is 4.58. The Bertz CT molecular complexity index is 198. The van der Waals surface area contributed by atoms with Crippen molar-refractivity contribution >= 4 is 5.84 Å². The lowest BCUT2D eigenvalue weighted by molar-refractivity contribution is -0.00333. The van der Waals surface area contributed by atoms with Gasteiger partial charge in [0.2, 0.25) is 0 Å². The number of hydrogen-bond donors (Lipinski definition) is 2. The predicted octanol–water partition coefficient (Wildman–Crippen LogP) is -0.920. The molecule has 0 aromatic heterocycles. The molecule has 1 aliphatic rings. The van der Waals surface area contributed by atoms with Crippen LogP contribution < -0.4 is 5.73 Å². The Morgan fingerprint density at radius 2 is 2.57 bits per heavy atom. The summed E-state index contributed by atoms with van der Waals surface area (Å²) in [5.74, 6) is 0.132. The van der Waals surface area contributed by atoms with E-state index in [0.29, 0.717) is 19.8 Å². The van der Waals surface area contributed by atoms with Crippen molar-refractivity contribution in [2.24, 2.45) is 10.9 Å². The van der Waals surface area contributed by atoms with E-state index in [1.165, 1.54) is 0 Å². The Hall–Kier alpha value is -0.850. The van der Waals surface area contributed by atoms with Crippen molar-refractivity contribution in [1.29, 1.82) is 0 Å². The highest BCUT2D eigenvalue weighted by Crippen LogP contribution is 2.04. The van der Waals surface area contributed by atoms with Gasteiger partial charge in [-0.1, -0.05) is 5.16 Å². The molecule has 1 saturated heterocycles. The fourth-order valence-electron chi connectivity index (χ4n) is 1.37. The van der Waals surface area contributed by atoms with Gasteiger partial charge in [0.25, 0.3) is 0 Å². The minimum absolute atomic E-state index is 0.132. The third kappa shape index (κ3) is 3.13. The van der Waals surface area contributed by atoms with Crippen LogP contribution in [0.25, 0.3) is 0 Å². The molecule has 0 aromatic carbocycles. The molecule has 1 atom stereocenters. The van der Waals surface area contributed by atoms with Crippen molar-refractivity contribution in [1.82, 2.24) is 4.90 Å². The van der Waals surface area contributed by atoms with E-state index >= 15 is 0 Å². The normalized spacial score (nSPS) is 25.2. The van der Waals surface area contributed by atoms with Gasteiger partial charge < -0.3 is 20.4 Å². The van der Waals surface area contributed by atoms with Gasteiger partial charge in [-0.05, 0) is 0 Å². The molecule has 0 amide bonds. The number of nitrogens with zero attached hydrogens (tertiary/aromatic N) is 2. The van der Waals surface area contributed by atoms with E-state index in [1.807, 2.05) is 0 Å². The Morgan fingerprint density at radius 1 is 1.79 bits per heavy atom. The molecule has 1 fully saturated rings. The summed E-state index contributed by atoms with van der Waals surface area (Å²) >= 11 is 0. The zero-order valence-corrected chi connectivity index (χ0v) is 8.35. The maximum absolute atomic E-state index is 8.49. The van der Waals surface area contributed by atoms with Crippen LogP contribution in [-0.2, 0) is 9.47 Å². The number of rotatable bonds is 4. The SMILES string of the molecule is COCCN1CCOC(C(N)=NO)C1. The summed E-state index contributed by atoms with van der Waals surface area (Å²) < 4.78 is 10.3. The molecule has 0 saturated carbocycles. The standard InChI is InChI=1S/C8H17N3O3/c1-13-4-2-11-3-5-14-7(6-11)8(9)10-12/h7,12H,2-6H2,1H3,(H2,9,10). The smallest absolute Gasteiger partial charge is 0.169 e. The summed E-state index contributed by atoms with van der Waals surface area (Å²) in [6.07, 6.45) is -0.300. The molecule has 14 heavy (non-hydrogen) atoms. The first kappa shape index (κ1) is 11.2. The third-order valence-electron chi connectivity index (χ3n) is 2.21. The number of ether oxygens (including phenoxy) is 2. The molecule has 6 heteroatoms. The van der Waals surface area contributed by atoms with Crippen molar-refractivity contribution in [2.75, 3.05) is 40.0 Å². The summed E-state index contributed by atoms with van der Waals surface area (Å²) in [6, 6.07) is 0. The van der Waals surface area contributed by atoms with Crippen molar-refractivity contribution in [3.8, 4) is 0 Å². The average Bonchev–Trinajstić information content (AvgIpc) is 2.25. The lowest BCUT2D eigenvalue weighted by Crippen LogP contribution is -2.49. The van der Waals surface area contributed by atoms with Crippen LogP contribution in [-0.4, -0.2) is 62.0 Å². The van der Waals surface area contributed by atoms with E-state index in [-0.39, 0.29) is 11.9 Å². The summed E-state index contributed by atoms with van der Waals surface area (Å²) in [6.45, 7) is 3.64. The van der Waals surface area contributed by atoms with Gasteiger partial charge in [0.05, 0.1) is 13.2 Å². The number of hydrogen-bond acceptors (Lipinski definition) is 5. The average molecular weight is 203 g/mol. The van der Waals surface area contributed by atoms with E-state index in [9.17, 15) is 0 Å². The Kier molecular flexibility index (Phi) is 4.64. The van der Waals surface area contributed by atoms with Gasteiger partial charge in [-0.25, -0.2) is 0 Å². The first-order valence-corrected chi connectivity index (χ1v) is 4.58. The third-order valence-corrected chi connectivity index (χ3v) is 2.21. The molecule has 0 bridgehead atoms. The van der Waals surface area contributed by atoms with Crippen molar-refractivity contribution in [3.63, 3.8) is 0 Å². The molecule has 82 valence electrons. The van der Waals surface area contributed by atoms with Gasteiger partial charge in [0.15, 0.2) is 5.84 Å². The molecule has 1 heterocycles. The van der Waals surface area contributed by atoms with E-state index in [0.717, 1.165) is 13.1 Å². The van der Waals surface area contributed by atoms with E-state index in [2.05, 4.69) is 10.1 Å². The Morgan fingerprint density at radius 3 is 3.21 bits per heavy atom. The topological polar surface area (TPSA) is 80.3 Å². The van der Waals surface area contributed by atoms with Gasteiger partial charge in [-0.3, -0.25) is 4.90 Å². The van der Waals surface area contributed by atoms with Crippen LogP contribution in [0.3, 0.4) is 0 Å². The minimum atomic E-state index is -0.300. The highest BCUT2D eigenvalue weighted by atomic mass is 16.5. The van der Waals surface area contributed by atoms with Gasteiger partial charge in [0, 0.05) is 26.7 Å². The second-order valence-corrected chi connectivity index (χ2v) is 3.18. The lowest BCUT2D eigenvalue weighted by Gasteiger charge is -2.31. The van der Waals surface area contributed by atoms with Crippen LogP contribution in [0.1, 0.15) is 0 Å². The van der Waals surface area contributed by atoms with Crippen LogP contribution in [0.15, 0.2) is 5.16 Å². The number of oxime groups is 1. The molecule has 1 aliphatic heterocycles. The van der Waals surface area contributed by atoms with E-state index in [1.54, 1.807) is 7.11 Å². The number of nitrogens with two attached hydrogens (primary N) is 1. The first-order chi connectivity index (χ1) is 6.77. The lowest BCUT2D eigenvalue weighted by atomic mass is 10.2. The molecule has 0 aromatic rings. The van der Waals surface area contributed by atoms with Crippen molar-refractivity contribution in [2.45, 2.75) is 6.10 Å². The highest BCUT2D eigenvalue weighted by molar-refractivity contribution is 5.84. The van der Waals surface area contributed by atoms with Crippen LogP contribution in [0.5, 0.6) is 0 Å². The predicted molar refractivity (Wildman–Crippen MR) is 51.5 cm³/mol. The van der Waals surface area contributed by atoms with Gasteiger partial charge in [-0.15, -0.1) is 0 Å². The highest BCUT2D eigenvalue weighted by Gasteiger charge is 2.23. The molecule has 6 nitrogen and oxygen atoms in total. The van der Waals surface area contributed by atoms with Crippen molar-refractivity contribution in [3.05, 3.63) is 0 Å². The second kappa shape index (κ2) is 5.79. The van der Waals surface area contributed by atoms with Gasteiger partial charge in [0.1, 0.15) is 6.10 Å². The van der Waals surface area contributed by atoms with Crippen LogP contribution >= 0.6 is 0 Å². The number of methoxy groups -OCH3 is 1. The number of morpholine rings is 1. The second-order valence-electron chi connectivity index (χ2n) is 3.18. The Labute approximate surface area is 83.3 Å². The molecule has 0 spiro atoms. The van der Waals surface area contributed by atoms with E-state index < -0.39 is 0 Å². The maximum atomic E-state index is 8.49. The molecular formula is C8H17N3O3. The molecular weight excluding hydrogens is 186 g/mol. The summed E-state index contributed by atoms with van der Waals surface area (Å²) in [5.41, 5.74) is 5.46. The molecule has 1 unspecified atom stereocenters. The van der Waals surface area contributed by atoms with Gasteiger partial charge >= 0.3 is 0 Å².